The number of hydrogen-bond donors (Lipinski definition) is 0. The van der Waals surface area contributed by atoms with Crippen molar-refractivity contribution >= 4 is 11.6 Å². The highest BCUT2D eigenvalue weighted by Gasteiger charge is 2.34. The molecule has 0 unspecified atom stereocenters. The molecule has 0 saturated carbocycles. The Labute approximate surface area is 101 Å². The van der Waals surface area contributed by atoms with Crippen molar-refractivity contribution in [2.24, 2.45) is 0 Å². The Kier molecular flexibility index (Phi) is 3.11. The van der Waals surface area contributed by atoms with Gasteiger partial charge in [0.2, 0.25) is 0 Å². The average Bonchev–Trinajstić information content (AvgIpc) is 2.29. The van der Waals surface area contributed by atoms with Crippen molar-refractivity contribution in [2.45, 2.75) is 45.1 Å². The average molecular weight is 243 g/mol. The standard InChI is InChI=1S/C13H16ClFO/c1-3-13(4-2)6-5-9-7-10(15)8-11(14)12(9)16-13/h7-8H,3-6H2,1-2H3. The van der Waals surface area contributed by atoms with Crippen LogP contribution in [0.3, 0.4) is 0 Å². The van der Waals surface area contributed by atoms with Crippen molar-refractivity contribution in [3.63, 3.8) is 0 Å². The highest BCUT2D eigenvalue weighted by atomic mass is 35.5. The predicted octanol–water partition coefficient (Wildman–Crippen LogP) is 4.36. The summed E-state index contributed by atoms with van der Waals surface area (Å²) in [5, 5.41) is 0.390. The molecule has 0 atom stereocenters. The summed E-state index contributed by atoms with van der Waals surface area (Å²) in [4.78, 5) is 0. The maximum Gasteiger partial charge on any atom is 0.142 e. The highest BCUT2D eigenvalue weighted by Crippen LogP contribution is 2.41. The SMILES string of the molecule is CCC1(CC)CCc2cc(F)cc(Cl)c2O1. The molecule has 0 bridgehead atoms. The Morgan fingerprint density at radius 1 is 1.38 bits per heavy atom. The lowest BCUT2D eigenvalue weighted by Gasteiger charge is -2.38. The lowest BCUT2D eigenvalue weighted by Crippen LogP contribution is -2.38. The van der Waals surface area contributed by atoms with Crippen LogP contribution in [0.4, 0.5) is 4.39 Å². The Hall–Kier alpha value is -0.760. The van der Waals surface area contributed by atoms with E-state index in [4.69, 9.17) is 16.3 Å². The lowest BCUT2D eigenvalue weighted by molar-refractivity contribution is 0.0383. The van der Waals surface area contributed by atoms with Crippen LogP contribution in [0.2, 0.25) is 5.02 Å². The molecule has 1 aromatic carbocycles. The van der Waals surface area contributed by atoms with Crippen LogP contribution in [0.5, 0.6) is 5.75 Å². The van der Waals surface area contributed by atoms with Crippen molar-refractivity contribution in [1.82, 2.24) is 0 Å². The summed E-state index contributed by atoms with van der Waals surface area (Å²) in [6.07, 6.45) is 3.69. The van der Waals surface area contributed by atoms with E-state index < -0.39 is 0 Å². The minimum Gasteiger partial charge on any atom is -0.485 e. The molecule has 0 saturated heterocycles. The maximum absolute atomic E-state index is 13.2. The molecule has 0 spiro atoms. The normalized spacial score (nSPS) is 17.8. The summed E-state index contributed by atoms with van der Waals surface area (Å²) in [6.45, 7) is 4.23. The van der Waals surface area contributed by atoms with Crippen LogP contribution < -0.4 is 4.74 Å². The summed E-state index contributed by atoms with van der Waals surface area (Å²) >= 11 is 6.02. The van der Waals surface area contributed by atoms with Gasteiger partial charge in [0, 0.05) is 0 Å². The van der Waals surface area contributed by atoms with E-state index in [0.717, 1.165) is 31.2 Å². The van der Waals surface area contributed by atoms with Crippen LogP contribution in [0.15, 0.2) is 12.1 Å². The summed E-state index contributed by atoms with van der Waals surface area (Å²) in [5.41, 5.74) is 0.775. The molecule has 1 aliphatic rings. The van der Waals surface area contributed by atoms with Gasteiger partial charge in [-0.05, 0) is 43.4 Å². The summed E-state index contributed by atoms with van der Waals surface area (Å²) in [7, 11) is 0. The fourth-order valence-electron chi connectivity index (χ4n) is 2.29. The third kappa shape index (κ3) is 1.91. The monoisotopic (exact) mass is 242 g/mol. The van der Waals surface area contributed by atoms with Gasteiger partial charge in [0.05, 0.1) is 5.02 Å². The zero-order valence-electron chi connectivity index (χ0n) is 9.65. The molecule has 3 heteroatoms. The summed E-state index contributed by atoms with van der Waals surface area (Å²) in [6, 6.07) is 2.85. The molecule has 1 aliphatic heterocycles. The van der Waals surface area contributed by atoms with Gasteiger partial charge in [0.25, 0.3) is 0 Å². The molecular formula is C13H16ClFO. The van der Waals surface area contributed by atoms with E-state index >= 15 is 0 Å². The molecule has 1 heterocycles. The molecule has 0 amide bonds. The van der Waals surface area contributed by atoms with E-state index in [1.807, 2.05) is 0 Å². The van der Waals surface area contributed by atoms with Crippen LogP contribution in [0.25, 0.3) is 0 Å². The number of ether oxygens (including phenoxy) is 1. The van der Waals surface area contributed by atoms with Gasteiger partial charge < -0.3 is 4.74 Å². The van der Waals surface area contributed by atoms with Gasteiger partial charge in [-0.15, -0.1) is 0 Å². The number of rotatable bonds is 2. The third-order valence-electron chi connectivity index (χ3n) is 3.54. The molecule has 2 rings (SSSR count). The van der Waals surface area contributed by atoms with Crippen LogP contribution in [0, 0.1) is 5.82 Å². The second-order valence-corrected chi connectivity index (χ2v) is 4.78. The zero-order chi connectivity index (χ0) is 11.8. The van der Waals surface area contributed by atoms with E-state index in [0.29, 0.717) is 10.8 Å². The van der Waals surface area contributed by atoms with E-state index in [9.17, 15) is 4.39 Å². The van der Waals surface area contributed by atoms with E-state index in [1.54, 1.807) is 0 Å². The molecule has 0 aromatic heterocycles. The number of halogens is 2. The fraction of sp³-hybridized carbons (Fsp3) is 0.538. The molecule has 0 radical (unpaired) electrons. The predicted molar refractivity (Wildman–Crippen MR) is 63.7 cm³/mol. The maximum atomic E-state index is 13.2. The van der Waals surface area contributed by atoms with E-state index in [1.165, 1.54) is 12.1 Å². The number of aryl methyl sites for hydroxylation is 1. The molecule has 1 nitrogen and oxygen atoms in total. The Bertz CT molecular complexity index is 399. The first-order chi connectivity index (χ1) is 7.60. The van der Waals surface area contributed by atoms with Crippen LogP contribution in [-0.2, 0) is 6.42 Å². The second kappa shape index (κ2) is 4.25. The van der Waals surface area contributed by atoms with Gasteiger partial charge in [0.1, 0.15) is 17.2 Å². The van der Waals surface area contributed by atoms with E-state index in [-0.39, 0.29) is 11.4 Å². The van der Waals surface area contributed by atoms with Gasteiger partial charge in [-0.2, -0.15) is 0 Å². The number of fused-ring (bicyclic) bond motifs is 1. The first-order valence-electron chi connectivity index (χ1n) is 5.77. The summed E-state index contributed by atoms with van der Waals surface area (Å²) in [5.74, 6) is 0.394. The number of benzene rings is 1. The molecular weight excluding hydrogens is 227 g/mol. The molecule has 0 N–H and O–H groups in total. The Morgan fingerprint density at radius 3 is 2.69 bits per heavy atom. The molecule has 16 heavy (non-hydrogen) atoms. The highest BCUT2D eigenvalue weighted by molar-refractivity contribution is 6.32. The topological polar surface area (TPSA) is 9.23 Å². The largest absolute Gasteiger partial charge is 0.485 e. The Balaban J connectivity index is 2.40. The minimum atomic E-state index is -0.284. The first kappa shape index (κ1) is 11.7. The molecule has 0 fully saturated rings. The van der Waals surface area contributed by atoms with E-state index in [2.05, 4.69) is 13.8 Å². The van der Waals surface area contributed by atoms with Gasteiger partial charge in [-0.1, -0.05) is 25.4 Å². The Morgan fingerprint density at radius 2 is 2.06 bits per heavy atom. The van der Waals surface area contributed by atoms with Crippen molar-refractivity contribution in [1.29, 1.82) is 0 Å². The molecule has 0 aliphatic carbocycles. The second-order valence-electron chi connectivity index (χ2n) is 4.37. The van der Waals surface area contributed by atoms with Gasteiger partial charge in [-0.25, -0.2) is 4.39 Å². The smallest absolute Gasteiger partial charge is 0.142 e. The van der Waals surface area contributed by atoms with Crippen molar-refractivity contribution in [3.05, 3.63) is 28.5 Å². The van der Waals surface area contributed by atoms with Crippen molar-refractivity contribution in [3.8, 4) is 5.75 Å². The van der Waals surface area contributed by atoms with Crippen LogP contribution in [-0.4, -0.2) is 5.60 Å². The quantitative estimate of drug-likeness (QED) is 0.749. The first-order valence-corrected chi connectivity index (χ1v) is 6.15. The zero-order valence-corrected chi connectivity index (χ0v) is 10.4. The number of hydrogen-bond acceptors (Lipinski definition) is 1. The van der Waals surface area contributed by atoms with Crippen LogP contribution in [0.1, 0.15) is 38.7 Å². The van der Waals surface area contributed by atoms with Crippen molar-refractivity contribution in [2.75, 3.05) is 0 Å². The molecule has 1 aromatic rings. The lowest BCUT2D eigenvalue weighted by atomic mass is 9.87. The fourth-order valence-corrected chi connectivity index (χ4v) is 2.56. The molecule has 88 valence electrons. The third-order valence-corrected chi connectivity index (χ3v) is 3.82. The summed E-state index contributed by atoms with van der Waals surface area (Å²) < 4.78 is 19.2. The van der Waals surface area contributed by atoms with Crippen molar-refractivity contribution < 1.29 is 9.13 Å². The minimum absolute atomic E-state index is 0.117. The van der Waals surface area contributed by atoms with Gasteiger partial charge >= 0.3 is 0 Å². The van der Waals surface area contributed by atoms with Gasteiger partial charge in [0.15, 0.2) is 0 Å². The van der Waals surface area contributed by atoms with Crippen LogP contribution >= 0.6 is 11.6 Å². The van der Waals surface area contributed by atoms with Gasteiger partial charge in [-0.3, -0.25) is 0 Å².